The molecule has 0 aliphatic carbocycles. The van der Waals surface area contributed by atoms with Gasteiger partial charge in [0.15, 0.2) is 0 Å². The van der Waals surface area contributed by atoms with E-state index in [4.69, 9.17) is 13.0 Å². The van der Waals surface area contributed by atoms with Crippen LogP contribution in [0.3, 0.4) is 0 Å². The van der Waals surface area contributed by atoms with Crippen LogP contribution in [0.15, 0.2) is 18.2 Å². The summed E-state index contributed by atoms with van der Waals surface area (Å²) >= 11 is 0. The lowest BCUT2D eigenvalue weighted by Gasteiger charge is -1.97. The van der Waals surface area contributed by atoms with Crippen molar-refractivity contribution in [1.29, 1.82) is 0 Å². The molecule has 0 bridgehead atoms. The van der Waals surface area contributed by atoms with Crippen LogP contribution in [-0.2, 0) is 10.1 Å². The number of benzene rings is 1. The van der Waals surface area contributed by atoms with Crippen molar-refractivity contribution in [2.45, 2.75) is 5.51 Å². The molecule has 0 spiro atoms. The van der Waals surface area contributed by atoms with Crippen LogP contribution in [-0.4, -0.2) is 35.4 Å². The number of amides is 2. The number of phenolic OH excluding ortho intramolecular Hbond substituents is 1. The summed E-state index contributed by atoms with van der Waals surface area (Å²) in [6.07, 6.45) is 0. The third kappa shape index (κ3) is 3.24. The predicted octanol–water partition coefficient (Wildman–Crippen LogP) is 0.670. The Hall–Kier alpha value is -2.14. The summed E-state index contributed by atoms with van der Waals surface area (Å²) in [7, 11) is -5.84. The van der Waals surface area contributed by atoms with Crippen LogP contribution in [0.25, 0.3) is 0 Å². The van der Waals surface area contributed by atoms with E-state index in [-0.39, 0.29) is 16.9 Å². The van der Waals surface area contributed by atoms with Crippen LogP contribution in [0.2, 0.25) is 0 Å². The largest absolute Gasteiger partial charge is 0.522 e. The third-order valence-electron chi connectivity index (χ3n) is 2.03. The number of phenols is 1. The van der Waals surface area contributed by atoms with Gasteiger partial charge in [0.05, 0.1) is 11.1 Å². The SMILES string of the molecule is O=C1NC(=O)c2c(O)cccc21.O=S(=O)(O)C(F)(F)F. The van der Waals surface area contributed by atoms with Crippen LogP contribution in [0.1, 0.15) is 20.7 Å². The zero-order chi connectivity index (χ0) is 15.7. The fraction of sp³-hybridized carbons (Fsp3) is 0.111. The maximum absolute atomic E-state index is 11.0. The molecule has 1 aromatic rings. The van der Waals surface area contributed by atoms with Crippen molar-refractivity contribution in [2.24, 2.45) is 0 Å². The number of hydrogen-bond acceptors (Lipinski definition) is 5. The molecule has 0 saturated carbocycles. The number of carbonyl (C=O) groups excluding carboxylic acids is 2. The molecule has 20 heavy (non-hydrogen) atoms. The number of fused-ring (bicyclic) bond motifs is 1. The highest BCUT2D eigenvalue weighted by atomic mass is 32.2. The number of nitrogens with one attached hydrogen (secondary N) is 1. The van der Waals surface area contributed by atoms with E-state index >= 15 is 0 Å². The fourth-order valence-corrected chi connectivity index (χ4v) is 1.20. The predicted molar refractivity (Wildman–Crippen MR) is 57.5 cm³/mol. The molecular formula is C9H6F3NO6S. The van der Waals surface area contributed by atoms with Gasteiger partial charge in [-0.05, 0) is 12.1 Å². The minimum atomic E-state index is -5.84. The Balaban J connectivity index is 0.000000221. The van der Waals surface area contributed by atoms with Gasteiger partial charge in [0.1, 0.15) is 5.75 Å². The van der Waals surface area contributed by atoms with Crippen molar-refractivity contribution < 1.29 is 40.8 Å². The van der Waals surface area contributed by atoms with Gasteiger partial charge in [-0.25, -0.2) is 0 Å². The van der Waals surface area contributed by atoms with Crippen molar-refractivity contribution >= 4 is 21.9 Å². The molecule has 0 radical (unpaired) electrons. The first-order valence-corrected chi connectivity index (χ1v) is 6.10. The Bertz CT molecular complexity index is 667. The number of aromatic hydroxyl groups is 1. The Kier molecular flexibility index (Phi) is 4.05. The van der Waals surface area contributed by atoms with Crippen molar-refractivity contribution in [3.63, 3.8) is 0 Å². The fourth-order valence-electron chi connectivity index (χ4n) is 1.20. The average molecular weight is 313 g/mol. The first-order valence-electron chi connectivity index (χ1n) is 4.66. The highest BCUT2D eigenvalue weighted by Gasteiger charge is 2.44. The normalized spacial score (nSPS) is 14.2. The van der Waals surface area contributed by atoms with Gasteiger partial charge >= 0.3 is 15.6 Å². The van der Waals surface area contributed by atoms with Gasteiger partial charge in [-0.15, -0.1) is 0 Å². The Labute approximate surface area is 109 Å². The van der Waals surface area contributed by atoms with Gasteiger partial charge in [0.25, 0.3) is 11.8 Å². The molecule has 7 nitrogen and oxygen atoms in total. The van der Waals surface area contributed by atoms with Gasteiger partial charge in [0.2, 0.25) is 0 Å². The molecule has 2 amide bonds. The molecule has 0 fully saturated rings. The van der Waals surface area contributed by atoms with Crippen molar-refractivity contribution in [2.75, 3.05) is 0 Å². The minimum absolute atomic E-state index is 0.0718. The lowest BCUT2D eigenvalue weighted by Crippen LogP contribution is -2.21. The molecule has 0 unspecified atom stereocenters. The first kappa shape index (κ1) is 15.9. The summed E-state index contributed by atoms with van der Waals surface area (Å²) in [5.74, 6) is -1.14. The second kappa shape index (κ2) is 5.09. The monoisotopic (exact) mass is 313 g/mol. The van der Waals surface area contributed by atoms with Crippen molar-refractivity contribution in [3.05, 3.63) is 29.3 Å². The lowest BCUT2D eigenvalue weighted by molar-refractivity contribution is -0.0510. The Morgan fingerprint density at radius 3 is 2.00 bits per heavy atom. The van der Waals surface area contributed by atoms with Gasteiger partial charge in [0, 0.05) is 0 Å². The second-order valence-corrected chi connectivity index (χ2v) is 4.82. The van der Waals surface area contributed by atoms with Gasteiger partial charge in [-0.1, -0.05) is 6.07 Å². The molecule has 0 saturated heterocycles. The van der Waals surface area contributed by atoms with E-state index in [1.807, 2.05) is 0 Å². The highest BCUT2D eigenvalue weighted by Crippen LogP contribution is 2.24. The first-order chi connectivity index (χ1) is 8.95. The van der Waals surface area contributed by atoms with Gasteiger partial charge in [-0.2, -0.15) is 21.6 Å². The lowest BCUT2D eigenvalue weighted by atomic mass is 10.1. The summed E-state index contributed by atoms with van der Waals surface area (Å²) in [6.45, 7) is 0. The number of carbonyl (C=O) groups is 2. The summed E-state index contributed by atoms with van der Waals surface area (Å²) < 4.78 is 57.5. The molecule has 110 valence electrons. The van der Waals surface area contributed by atoms with E-state index < -0.39 is 27.4 Å². The average Bonchev–Trinajstić information content (AvgIpc) is 2.54. The Morgan fingerprint density at radius 2 is 1.60 bits per heavy atom. The van der Waals surface area contributed by atoms with Crippen LogP contribution < -0.4 is 5.32 Å². The molecule has 1 aromatic carbocycles. The molecule has 11 heteroatoms. The number of hydrogen-bond donors (Lipinski definition) is 3. The van der Waals surface area contributed by atoms with E-state index in [0.29, 0.717) is 0 Å². The quantitative estimate of drug-likeness (QED) is 0.368. The second-order valence-electron chi connectivity index (χ2n) is 3.40. The molecule has 1 aliphatic heterocycles. The molecule has 0 atom stereocenters. The maximum atomic E-state index is 11.0. The van der Waals surface area contributed by atoms with Crippen LogP contribution in [0, 0.1) is 0 Å². The zero-order valence-corrected chi connectivity index (χ0v) is 10.1. The summed E-state index contributed by atoms with van der Waals surface area (Å²) in [5, 5.41) is 11.3. The van der Waals surface area contributed by atoms with Crippen molar-refractivity contribution in [3.8, 4) is 5.75 Å². The summed E-state index contributed by atoms with van der Waals surface area (Å²) in [6, 6.07) is 4.39. The number of imide groups is 1. The molecule has 1 aliphatic rings. The summed E-state index contributed by atoms with van der Waals surface area (Å²) in [4.78, 5) is 22.0. The number of halogens is 3. The van der Waals surface area contributed by atoms with E-state index in [2.05, 4.69) is 5.32 Å². The summed E-state index contributed by atoms with van der Waals surface area (Å²) in [5.41, 5.74) is -5.23. The van der Waals surface area contributed by atoms with Gasteiger partial charge < -0.3 is 5.11 Å². The van der Waals surface area contributed by atoms with Crippen molar-refractivity contribution in [1.82, 2.24) is 5.32 Å². The van der Waals surface area contributed by atoms with Crippen LogP contribution in [0.4, 0.5) is 13.2 Å². The molecular weight excluding hydrogens is 307 g/mol. The van der Waals surface area contributed by atoms with E-state index in [0.717, 1.165) is 0 Å². The Morgan fingerprint density at radius 1 is 1.10 bits per heavy atom. The van der Waals surface area contributed by atoms with Gasteiger partial charge in [-0.3, -0.25) is 19.5 Å². The minimum Gasteiger partial charge on any atom is -0.507 e. The smallest absolute Gasteiger partial charge is 0.507 e. The van der Waals surface area contributed by atoms with E-state index in [9.17, 15) is 27.9 Å². The maximum Gasteiger partial charge on any atom is 0.522 e. The third-order valence-corrected chi connectivity index (χ3v) is 2.62. The topological polar surface area (TPSA) is 121 Å². The van der Waals surface area contributed by atoms with E-state index in [1.54, 1.807) is 0 Å². The molecule has 3 N–H and O–H groups in total. The molecule has 2 rings (SSSR count). The number of alkyl halides is 3. The van der Waals surface area contributed by atoms with Crippen LogP contribution >= 0.6 is 0 Å². The van der Waals surface area contributed by atoms with E-state index in [1.165, 1.54) is 18.2 Å². The standard InChI is InChI=1S/C8H5NO3.CHF3O3S/c10-5-3-1-2-4-6(5)8(12)9-7(4)11;2-1(3,4)8(5,6)7/h1-3,10H,(H,9,11,12);(H,5,6,7). The zero-order valence-electron chi connectivity index (χ0n) is 9.30. The number of rotatable bonds is 0. The highest BCUT2D eigenvalue weighted by molar-refractivity contribution is 7.86. The van der Waals surface area contributed by atoms with Crippen LogP contribution in [0.5, 0.6) is 5.75 Å². The molecule has 1 heterocycles. The molecule has 0 aromatic heterocycles.